The van der Waals surface area contributed by atoms with Crippen molar-refractivity contribution in [3.8, 4) is 0 Å². The Kier molecular flexibility index (Phi) is 5.60. The van der Waals surface area contributed by atoms with Gasteiger partial charge in [0, 0.05) is 26.2 Å². The number of amides is 1. The molecule has 1 atom stereocenters. The smallest absolute Gasteiger partial charge is 0.260 e. The predicted molar refractivity (Wildman–Crippen MR) is 125 cm³/mol. The maximum Gasteiger partial charge on any atom is 0.260 e. The van der Waals surface area contributed by atoms with E-state index < -0.39 is 0 Å². The number of hydrogen-bond acceptors (Lipinski definition) is 6. The van der Waals surface area contributed by atoms with E-state index in [1.807, 2.05) is 30.3 Å². The Morgan fingerprint density at radius 3 is 2.65 bits per heavy atom. The average Bonchev–Trinajstić information content (AvgIpc) is 3.53. The van der Waals surface area contributed by atoms with Gasteiger partial charge in [0.15, 0.2) is 0 Å². The molecule has 3 aliphatic rings. The summed E-state index contributed by atoms with van der Waals surface area (Å²) in [6.45, 7) is 6.24. The second-order valence-corrected chi connectivity index (χ2v) is 9.77. The molecule has 31 heavy (non-hydrogen) atoms. The van der Waals surface area contributed by atoms with Gasteiger partial charge in [0.1, 0.15) is 22.1 Å². The van der Waals surface area contributed by atoms with Crippen molar-refractivity contribution in [3.05, 3.63) is 40.5 Å². The number of nitrogens with one attached hydrogen (secondary N) is 1. The van der Waals surface area contributed by atoms with Crippen LogP contribution in [0.3, 0.4) is 0 Å². The van der Waals surface area contributed by atoms with E-state index in [0.29, 0.717) is 23.4 Å². The summed E-state index contributed by atoms with van der Waals surface area (Å²) in [6.07, 6.45) is 5.24. The summed E-state index contributed by atoms with van der Waals surface area (Å²) < 4.78 is 6.37. The van der Waals surface area contributed by atoms with E-state index in [9.17, 15) is 4.79 Å². The van der Waals surface area contributed by atoms with Gasteiger partial charge in [0.2, 0.25) is 0 Å². The monoisotopic (exact) mass is 485 g/mol. The number of morpholine rings is 1. The Bertz CT molecular complexity index is 970. The molecule has 0 radical (unpaired) electrons. The number of piperidine rings is 1. The molecule has 1 aliphatic carbocycles. The Hall–Kier alpha value is -2.19. The van der Waals surface area contributed by atoms with Crippen molar-refractivity contribution in [1.82, 2.24) is 9.97 Å². The minimum atomic E-state index is -0.179. The minimum Gasteiger partial charge on any atom is -0.375 e. The number of carbonyl (C=O) groups is 1. The quantitative estimate of drug-likeness (QED) is 0.657. The zero-order chi connectivity index (χ0) is 21.4. The van der Waals surface area contributed by atoms with Crippen molar-refractivity contribution in [2.75, 3.05) is 47.9 Å². The van der Waals surface area contributed by atoms with Crippen LogP contribution in [0.4, 0.5) is 17.5 Å². The molecule has 3 fully saturated rings. The molecule has 4 heterocycles. The number of carbonyl (C=O) groups excluding carboxylic acids is 1. The minimum absolute atomic E-state index is 0.171. The summed E-state index contributed by atoms with van der Waals surface area (Å²) in [4.78, 5) is 27.0. The second kappa shape index (κ2) is 8.39. The third kappa shape index (κ3) is 4.55. The van der Waals surface area contributed by atoms with Crippen molar-refractivity contribution in [1.29, 1.82) is 0 Å². The summed E-state index contributed by atoms with van der Waals surface area (Å²) >= 11 is 3.47. The fourth-order valence-electron chi connectivity index (χ4n) is 4.59. The van der Waals surface area contributed by atoms with E-state index >= 15 is 0 Å². The lowest BCUT2D eigenvalue weighted by Gasteiger charge is -2.34. The molecule has 1 spiro atoms. The van der Waals surface area contributed by atoms with Crippen LogP contribution in [0.5, 0.6) is 0 Å². The molecule has 5 rings (SSSR count). The van der Waals surface area contributed by atoms with Crippen LogP contribution in [0.1, 0.15) is 43.0 Å². The Morgan fingerprint density at radius 1 is 1.10 bits per heavy atom. The number of nitrogens with zero attached hydrogens (tertiary/aromatic N) is 4. The molecule has 2 aliphatic heterocycles. The van der Waals surface area contributed by atoms with Crippen LogP contribution in [-0.2, 0) is 4.74 Å². The number of halogens is 1. The summed E-state index contributed by atoms with van der Waals surface area (Å²) in [7, 11) is 0. The van der Waals surface area contributed by atoms with Crippen LogP contribution >= 0.6 is 15.9 Å². The van der Waals surface area contributed by atoms with Gasteiger partial charge in [-0.15, -0.1) is 0 Å². The summed E-state index contributed by atoms with van der Waals surface area (Å²) in [5.41, 5.74) is 1.16. The number of rotatable bonds is 4. The maximum atomic E-state index is 13.2. The number of anilines is 3. The highest BCUT2D eigenvalue weighted by atomic mass is 79.9. The average molecular weight is 486 g/mol. The van der Waals surface area contributed by atoms with E-state index in [1.54, 1.807) is 0 Å². The number of aromatic nitrogens is 2. The highest BCUT2D eigenvalue weighted by molar-refractivity contribution is 9.10. The molecular formula is C23H28BrN5O2. The zero-order valence-electron chi connectivity index (χ0n) is 17.8. The molecule has 164 valence electrons. The first kappa shape index (κ1) is 20.7. The van der Waals surface area contributed by atoms with Gasteiger partial charge < -0.3 is 19.9 Å². The fourth-order valence-corrected chi connectivity index (χ4v) is 4.89. The largest absolute Gasteiger partial charge is 0.375 e. The molecule has 2 aromatic rings. The number of ether oxygens (including phenoxy) is 1. The first-order chi connectivity index (χ1) is 15.0. The molecule has 1 amide bonds. The van der Waals surface area contributed by atoms with Crippen LogP contribution in [-0.4, -0.2) is 54.8 Å². The summed E-state index contributed by atoms with van der Waals surface area (Å²) in [5.74, 6) is 1.97. The van der Waals surface area contributed by atoms with Gasteiger partial charge in [0.05, 0.1) is 18.3 Å². The Labute approximate surface area is 191 Å². The molecule has 0 aromatic carbocycles. The second-order valence-electron chi connectivity index (χ2n) is 8.95. The van der Waals surface area contributed by atoms with Crippen molar-refractivity contribution >= 4 is 39.3 Å². The van der Waals surface area contributed by atoms with Crippen molar-refractivity contribution < 1.29 is 9.53 Å². The zero-order valence-corrected chi connectivity index (χ0v) is 19.4. The van der Waals surface area contributed by atoms with Crippen LogP contribution in [0.15, 0.2) is 34.9 Å². The SMILES string of the molecule is C[C@@H]1CN(c2cccc(NC(=O)c3ccc(Br)nc3N3CCC4(CC3)CC4)n2)CCO1. The molecule has 7 nitrogen and oxygen atoms in total. The van der Waals surface area contributed by atoms with Crippen LogP contribution in [0, 0.1) is 5.41 Å². The van der Waals surface area contributed by atoms with Crippen molar-refractivity contribution in [2.45, 2.75) is 38.7 Å². The normalized spacial score (nSPS) is 22.5. The van der Waals surface area contributed by atoms with E-state index in [1.165, 1.54) is 25.7 Å². The maximum absolute atomic E-state index is 13.2. The molecule has 1 saturated carbocycles. The Morgan fingerprint density at radius 2 is 1.90 bits per heavy atom. The first-order valence-electron chi connectivity index (χ1n) is 11.1. The van der Waals surface area contributed by atoms with Gasteiger partial charge in [-0.25, -0.2) is 9.97 Å². The van der Waals surface area contributed by atoms with Gasteiger partial charge in [0.25, 0.3) is 5.91 Å². The molecule has 2 saturated heterocycles. The van der Waals surface area contributed by atoms with Crippen molar-refractivity contribution in [2.24, 2.45) is 5.41 Å². The van der Waals surface area contributed by atoms with Gasteiger partial charge in [-0.05, 0) is 78.2 Å². The molecule has 8 heteroatoms. The summed E-state index contributed by atoms with van der Waals surface area (Å²) in [6, 6.07) is 9.40. The molecule has 2 aromatic heterocycles. The van der Waals surface area contributed by atoms with E-state index in [2.05, 4.69) is 47.9 Å². The molecule has 1 N–H and O–H groups in total. The van der Waals surface area contributed by atoms with Gasteiger partial charge in [-0.1, -0.05) is 6.07 Å². The van der Waals surface area contributed by atoms with Gasteiger partial charge in [-0.3, -0.25) is 4.79 Å². The molecule has 0 bridgehead atoms. The lowest BCUT2D eigenvalue weighted by Crippen LogP contribution is -2.41. The van der Waals surface area contributed by atoms with Gasteiger partial charge in [-0.2, -0.15) is 0 Å². The standard InChI is InChI=1S/C23H28BrN5O2/c1-16-15-29(13-14-31-16)20-4-2-3-19(26-20)27-22(30)17-5-6-18(24)25-21(17)28-11-9-23(7-8-23)10-12-28/h2-6,16H,7-15H2,1H3,(H,26,27,30)/t16-/m1/s1. The third-order valence-corrected chi connectivity index (χ3v) is 7.15. The number of hydrogen-bond donors (Lipinski definition) is 1. The molecular weight excluding hydrogens is 458 g/mol. The van der Waals surface area contributed by atoms with Crippen LogP contribution in [0.25, 0.3) is 0 Å². The van der Waals surface area contributed by atoms with E-state index in [-0.39, 0.29) is 12.0 Å². The van der Waals surface area contributed by atoms with Crippen LogP contribution < -0.4 is 15.1 Å². The topological polar surface area (TPSA) is 70.6 Å². The van der Waals surface area contributed by atoms with Gasteiger partial charge >= 0.3 is 0 Å². The van der Waals surface area contributed by atoms with Crippen molar-refractivity contribution in [3.63, 3.8) is 0 Å². The number of pyridine rings is 2. The summed E-state index contributed by atoms with van der Waals surface area (Å²) in [5, 5.41) is 2.99. The first-order valence-corrected chi connectivity index (χ1v) is 11.9. The van der Waals surface area contributed by atoms with E-state index in [4.69, 9.17) is 4.74 Å². The van der Waals surface area contributed by atoms with Crippen LogP contribution in [0.2, 0.25) is 0 Å². The third-order valence-electron chi connectivity index (χ3n) is 6.71. The Balaban J connectivity index is 1.33. The fraction of sp³-hybridized carbons (Fsp3) is 0.522. The highest BCUT2D eigenvalue weighted by Gasteiger charge is 2.44. The lowest BCUT2D eigenvalue weighted by molar-refractivity contribution is 0.0529. The highest BCUT2D eigenvalue weighted by Crippen LogP contribution is 2.54. The lowest BCUT2D eigenvalue weighted by atomic mass is 9.93. The van der Waals surface area contributed by atoms with E-state index in [0.717, 1.165) is 42.4 Å². The molecule has 0 unspecified atom stereocenters. The predicted octanol–water partition coefficient (Wildman–Crippen LogP) is 4.10.